The molecule has 0 saturated heterocycles. The minimum absolute atomic E-state index is 0.0322. The molecule has 0 aliphatic carbocycles. The molecule has 1 aliphatic heterocycles. The number of halogens is 1. The zero-order valence-corrected chi connectivity index (χ0v) is 13.6. The fraction of sp³-hybridized carbons (Fsp3) is 0.167. The Labute approximate surface area is 145 Å². The molecule has 3 aromatic rings. The van der Waals surface area contributed by atoms with Gasteiger partial charge < -0.3 is 9.84 Å². The summed E-state index contributed by atoms with van der Waals surface area (Å²) in [5.74, 6) is -1.90. The molecule has 0 saturated carbocycles. The smallest absolute Gasteiger partial charge is 0.366 e. The Morgan fingerprint density at radius 1 is 1.15 bits per heavy atom. The van der Waals surface area contributed by atoms with Crippen molar-refractivity contribution in [2.24, 2.45) is 0 Å². The van der Waals surface area contributed by atoms with Crippen molar-refractivity contribution in [3.05, 3.63) is 74.6 Å². The van der Waals surface area contributed by atoms with Gasteiger partial charge in [-0.25, -0.2) is 13.9 Å². The van der Waals surface area contributed by atoms with Crippen molar-refractivity contribution in [3.8, 4) is 5.69 Å². The third kappa shape index (κ3) is 1.87. The van der Waals surface area contributed by atoms with E-state index >= 15 is 0 Å². The molecule has 2 aromatic carbocycles. The summed E-state index contributed by atoms with van der Waals surface area (Å²) in [6.45, 7) is 1.46. The Morgan fingerprint density at radius 3 is 2.46 bits per heavy atom. The van der Waals surface area contributed by atoms with Crippen molar-refractivity contribution in [1.82, 2.24) is 9.36 Å². The summed E-state index contributed by atoms with van der Waals surface area (Å²) in [5, 5.41) is 11.3. The molecule has 0 fully saturated rings. The molecule has 0 unspecified atom stereocenters. The quantitative estimate of drug-likeness (QED) is 0.688. The lowest BCUT2D eigenvalue weighted by atomic mass is 10.0. The van der Waals surface area contributed by atoms with Crippen molar-refractivity contribution >= 4 is 16.7 Å². The molecule has 0 bridgehead atoms. The van der Waals surface area contributed by atoms with Crippen molar-refractivity contribution in [2.75, 3.05) is 6.61 Å². The molecule has 7 nitrogen and oxygen atoms in total. The van der Waals surface area contributed by atoms with Crippen molar-refractivity contribution in [1.29, 1.82) is 0 Å². The first kappa shape index (κ1) is 16.2. The van der Waals surface area contributed by atoms with Crippen LogP contribution >= 0.6 is 0 Å². The number of benzene rings is 2. The molecule has 4 rings (SSSR count). The Hall–Kier alpha value is -3.26. The summed E-state index contributed by atoms with van der Waals surface area (Å²) in [6.07, 6.45) is 0. The van der Waals surface area contributed by atoms with Crippen LogP contribution in [0, 0.1) is 5.82 Å². The maximum absolute atomic E-state index is 13.8. The predicted octanol–water partition coefficient (Wildman–Crippen LogP) is 0.861. The van der Waals surface area contributed by atoms with Gasteiger partial charge in [-0.15, -0.1) is 0 Å². The Kier molecular flexibility index (Phi) is 3.35. The maximum Gasteiger partial charge on any atom is 0.366 e. The van der Waals surface area contributed by atoms with E-state index in [2.05, 4.69) is 0 Å². The van der Waals surface area contributed by atoms with Gasteiger partial charge in [0.05, 0.1) is 23.1 Å². The second-order valence-electron chi connectivity index (χ2n) is 5.83. The number of aliphatic hydroxyl groups is 1. The fourth-order valence-electron chi connectivity index (χ4n) is 3.29. The van der Waals surface area contributed by atoms with E-state index in [4.69, 9.17) is 4.74 Å². The van der Waals surface area contributed by atoms with E-state index < -0.39 is 28.6 Å². The molecule has 26 heavy (non-hydrogen) atoms. The van der Waals surface area contributed by atoms with Gasteiger partial charge in [-0.3, -0.25) is 9.59 Å². The molecule has 1 N–H and O–H groups in total. The highest BCUT2D eigenvalue weighted by Crippen LogP contribution is 2.35. The number of nitrogens with zero attached hydrogens (tertiary/aromatic N) is 2. The van der Waals surface area contributed by atoms with Crippen LogP contribution in [0.2, 0.25) is 0 Å². The largest absolute Gasteiger partial charge is 0.462 e. The number of carbonyl (C=O) groups excluding carboxylic acids is 1. The van der Waals surface area contributed by atoms with Crippen LogP contribution < -0.4 is 11.1 Å². The lowest BCUT2D eigenvalue weighted by Gasteiger charge is -2.23. The molecule has 0 radical (unpaired) electrons. The number of hydrogen-bond donors (Lipinski definition) is 1. The maximum atomic E-state index is 13.8. The van der Waals surface area contributed by atoms with Crippen LogP contribution in [0.1, 0.15) is 12.5 Å². The number of fused-ring (bicyclic) bond motifs is 4. The van der Waals surface area contributed by atoms with Crippen molar-refractivity contribution in [3.63, 3.8) is 0 Å². The number of esters is 1. The molecular weight excluding hydrogens is 343 g/mol. The Morgan fingerprint density at radius 2 is 1.81 bits per heavy atom. The first-order chi connectivity index (χ1) is 12.4. The molecule has 1 aliphatic rings. The van der Waals surface area contributed by atoms with E-state index in [0.717, 1.165) is 16.8 Å². The van der Waals surface area contributed by atoms with Crippen LogP contribution in [0.3, 0.4) is 0 Å². The van der Waals surface area contributed by atoms with E-state index in [1.54, 1.807) is 12.1 Å². The zero-order valence-electron chi connectivity index (χ0n) is 13.6. The summed E-state index contributed by atoms with van der Waals surface area (Å²) in [6, 6.07) is 9.26. The van der Waals surface area contributed by atoms with Crippen LogP contribution in [0.25, 0.3) is 16.5 Å². The monoisotopic (exact) mass is 356 g/mol. The van der Waals surface area contributed by atoms with Crippen LogP contribution in [-0.4, -0.2) is 27.0 Å². The minimum atomic E-state index is -2.65. The van der Waals surface area contributed by atoms with Gasteiger partial charge in [-0.1, -0.05) is 12.1 Å². The minimum Gasteiger partial charge on any atom is -0.462 e. The number of hydrogen-bond acceptors (Lipinski definition) is 5. The molecule has 2 heterocycles. The molecule has 132 valence electrons. The molecule has 0 amide bonds. The van der Waals surface area contributed by atoms with Gasteiger partial charge in [0.15, 0.2) is 0 Å². The van der Waals surface area contributed by atoms with Gasteiger partial charge in [0, 0.05) is 5.56 Å². The fourth-order valence-corrected chi connectivity index (χ4v) is 3.29. The number of aromatic nitrogens is 2. The summed E-state index contributed by atoms with van der Waals surface area (Å²) in [7, 11) is 0. The highest BCUT2D eigenvalue weighted by atomic mass is 19.1. The van der Waals surface area contributed by atoms with Crippen molar-refractivity contribution in [2.45, 2.75) is 12.6 Å². The number of rotatable bonds is 2. The predicted molar refractivity (Wildman–Crippen MR) is 89.7 cm³/mol. The third-order valence-electron chi connectivity index (χ3n) is 4.40. The summed E-state index contributed by atoms with van der Waals surface area (Å²) in [4.78, 5) is 38.5. The van der Waals surface area contributed by atoms with E-state index in [1.165, 1.54) is 25.1 Å². The standard InChI is InChI=1S/C18H13FN2O5/c1-2-26-17(24)18(25)13-9-10(19)7-8-14(13)20-15(22)11-5-3-4-6-12(11)16(23)21(18)20/h3-9,25H,2H2,1H3/t18-/m1/s1. The SMILES string of the molecule is CCOC(=O)[C@]1(O)c2cc(F)ccc2-n2c(=O)c3ccccc3c(=O)n21. The lowest BCUT2D eigenvalue weighted by Crippen LogP contribution is -2.50. The topological polar surface area (TPSA) is 90.5 Å². The lowest BCUT2D eigenvalue weighted by molar-refractivity contribution is -0.171. The van der Waals surface area contributed by atoms with E-state index in [0.29, 0.717) is 4.68 Å². The molecule has 8 heteroatoms. The van der Waals surface area contributed by atoms with Gasteiger partial charge >= 0.3 is 5.97 Å². The molecular formula is C18H13FN2O5. The molecule has 0 spiro atoms. The van der Waals surface area contributed by atoms with E-state index in [9.17, 15) is 23.9 Å². The summed E-state index contributed by atoms with van der Waals surface area (Å²) >= 11 is 0. The van der Waals surface area contributed by atoms with E-state index in [1.807, 2.05) is 0 Å². The van der Waals surface area contributed by atoms with Gasteiger partial charge in [-0.05, 0) is 37.3 Å². The second kappa shape index (κ2) is 5.37. The van der Waals surface area contributed by atoms with Gasteiger partial charge in [0.2, 0.25) is 0 Å². The second-order valence-corrected chi connectivity index (χ2v) is 5.83. The van der Waals surface area contributed by atoms with Gasteiger partial charge in [0.1, 0.15) is 5.82 Å². The van der Waals surface area contributed by atoms with Crippen LogP contribution in [-0.2, 0) is 15.3 Å². The molecule has 1 aromatic heterocycles. The van der Waals surface area contributed by atoms with Gasteiger partial charge in [-0.2, -0.15) is 4.68 Å². The highest BCUT2D eigenvalue weighted by molar-refractivity contribution is 5.86. The first-order valence-corrected chi connectivity index (χ1v) is 7.88. The normalized spacial score (nSPS) is 17.8. The summed E-state index contributed by atoms with van der Waals surface area (Å²) in [5.41, 5.74) is -4.23. The van der Waals surface area contributed by atoms with Gasteiger partial charge in [0.25, 0.3) is 16.8 Å². The zero-order chi connectivity index (χ0) is 18.6. The van der Waals surface area contributed by atoms with Crippen LogP contribution in [0.5, 0.6) is 0 Å². The average Bonchev–Trinajstić information content (AvgIpc) is 2.90. The summed E-state index contributed by atoms with van der Waals surface area (Å²) < 4.78 is 20.2. The Bertz CT molecular complexity index is 1200. The van der Waals surface area contributed by atoms with Crippen LogP contribution in [0.15, 0.2) is 52.1 Å². The van der Waals surface area contributed by atoms with Crippen LogP contribution in [0.4, 0.5) is 4.39 Å². The number of carbonyl (C=O) groups is 1. The Balaban J connectivity index is 2.23. The highest BCUT2D eigenvalue weighted by Gasteiger charge is 2.51. The first-order valence-electron chi connectivity index (χ1n) is 7.88. The van der Waals surface area contributed by atoms with E-state index in [-0.39, 0.29) is 28.6 Å². The average molecular weight is 356 g/mol. The molecule has 1 atom stereocenters. The third-order valence-corrected chi connectivity index (χ3v) is 4.40. The number of ether oxygens (including phenoxy) is 1. The van der Waals surface area contributed by atoms with Crippen molar-refractivity contribution < 1.29 is 19.0 Å².